The van der Waals surface area contributed by atoms with E-state index in [1.807, 2.05) is 59.6 Å². The predicted octanol–water partition coefficient (Wildman–Crippen LogP) is 3.48. The number of hydrogen-bond donors (Lipinski definition) is 0. The first-order valence-corrected chi connectivity index (χ1v) is 6.50. The van der Waals surface area contributed by atoms with Crippen molar-refractivity contribution >= 4 is 11.6 Å². The number of nitrogens with one attached hydrogen (secondary N) is 1. The van der Waals surface area contributed by atoms with Gasteiger partial charge in [-0.1, -0.05) is 11.6 Å². The first-order valence-electron chi connectivity index (χ1n) is 6.12. The monoisotopic (exact) mass is 280 g/mol. The lowest BCUT2D eigenvalue weighted by Crippen LogP contribution is -2.03. The van der Waals surface area contributed by atoms with Crippen LogP contribution >= 0.6 is 11.6 Å². The normalized spacial score (nSPS) is 10.2. The highest BCUT2D eigenvalue weighted by atomic mass is 35.5. The van der Waals surface area contributed by atoms with Crippen LogP contribution in [0.15, 0.2) is 61.1 Å². The van der Waals surface area contributed by atoms with Gasteiger partial charge in [-0.05, 0) is 30.3 Å². The minimum atomic E-state index is 0.550. The molecule has 0 radical (unpaired) electrons. The number of pyridine rings is 1. The van der Waals surface area contributed by atoms with Crippen molar-refractivity contribution in [3.8, 4) is 23.0 Å². The second-order valence-electron chi connectivity index (χ2n) is 4.39. The molecule has 0 atom stereocenters. The number of nitrogens with zero attached hydrogens (tertiary/aromatic N) is 2. The van der Waals surface area contributed by atoms with Crippen molar-refractivity contribution in [2.45, 2.75) is 0 Å². The number of aromatic amines is 1. The third-order valence-electron chi connectivity index (χ3n) is 3.02. The Balaban J connectivity index is 2.03. The summed E-state index contributed by atoms with van der Waals surface area (Å²) in [5.41, 5.74) is 3.53. The largest absolute Gasteiger partial charge is 0.323 e. The van der Waals surface area contributed by atoms with Gasteiger partial charge in [0.15, 0.2) is 6.20 Å². The van der Waals surface area contributed by atoms with Gasteiger partial charge in [-0.15, -0.1) is 0 Å². The van der Waals surface area contributed by atoms with Crippen LogP contribution in [0, 0.1) is 11.3 Å². The van der Waals surface area contributed by atoms with E-state index < -0.39 is 0 Å². The van der Waals surface area contributed by atoms with Crippen molar-refractivity contribution in [1.29, 1.82) is 5.26 Å². The maximum atomic E-state index is 8.99. The van der Waals surface area contributed by atoms with Crippen molar-refractivity contribution in [3.63, 3.8) is 0 Å². The third-order valence-corrected chi connectivity index (χ3v) is 3.24. The van der Waals surface area contributed by atoms with Crippen molar-refractivity contribution in [2.24, 2.45) is 0 Å². The summed E-state index contributed by atoms with van der Waals surface area (Å²) >= 11 is 6.03. The zero-order valence-corrected chi connectivity index (χ0v) is 11.3. The van der Waals surface area contributed by atoms with E-state index in [9.17, 15) is 0 Å². The number of halogens is 1. The molecule has 3 rings (SSSR count). The number of hydrogen-bond acceptors (Lipinski definition) is 1. The maximum absolute atomic E-state index is 8.99. The molecule has 0 saturated heterocycles. The number of benzene rings is 1. The van der Waals surface area contributed by atoms with Crippen LogP contribution in [0.25, 0.3) is 16.9 Å². The minimum Gasteiger partial charge on any atom is -0.323 e. The molecule has 0 saturated carbocycles. The molecule has 0 amide bonds. The molecule has 0 fully saturated rings. The second-order valence-corrected chi connectivity index (χ2v) is 4.83. The van der Waals surface area contributed by atoms with Gasteiger partial charge < -0.3 is 4.57 Å². The summed E-state index contributed by atoms with van der Waals surface area (Å²) in [6.07, 6.45) is 5.83. The summed E-state index contributed by atoms with van der Waals surface area (Å²) < 4.78 is 1.95. The smallest absolute Gasteiger partial charge is 0.212 e. The lowest BCUT2D eigenvalue weighted by atomic mass is 10.2. The molecule has 0 aliphatic carbocycles. The van der Waals surface area contributed by atoms with Crippen LogP contribution in [-0.2, 0) is 0 Å². The lowest BCUT2D eigenvalue weighted by Gasteiger charge is -2.03. The highest BCUT2D eigenvalue weighted by Gasteiger charge is 2.07. The van der Waals surface area contributed by atoms with E-state index in [0.717, 1.165) is 16.9 Å². The zero-order chi connectivity index (χ0) is 13.9. The van der Waals surface area contributed by atoms with Crippen molar-refractivity contribution in [3.05, 3.63) is 71.6 Å². The van der Waals surface area contributed by atoms with Crippen LogP contribution in [0.3, 0.4) is 0 Å². The van der Waals surface area contributed by atoms with Crippen LogP contribution in [0.1, 0.15) is 5.56 Å². The molecule has 0 bridgehead atoms. The SMILES string of the molecule is N#Cc1cc(Cl)cc(-n2ccc(-c3cccc[nH+]3)c2)c1. The summed E-state index contributed by atoms with van der Waals surface area (Å²) in [6, 6.07) is 15.4. The molecule has 3 nitrogen and oxygen atoms in total. The van der Waals surface area contributed by atoms with Gasteiger partial charge in [0.25, 0.3) is 0 Å². The molecule has 96 valence electrons. The molecule has 4 heteroatoms. The van der Waals surface area contributed by atoms with Gasteiger partial charge in [-0.2, -0.15) is 5.26 Å². The Kier molecular flexibility index (Phi) is 3.24. The molecule has 3 aromatic rings. The topological polar surface area (TPSA) is 42.9 Å². The van der Waals surface area contributed by atoms with Gasteiger partial charge in [0.2, 0.25) is 5.69 Å². The Bertz CT molecular complexity index is 785. The molecule has 0 unspecified atom stereocenters. The molecule has 20 heavy (non-hydrogen) atoms. The number of rotatable bonds is 2. The standard InChI is InChI=1S/C16H10ClN3/c17-14-7-12(10-18)8-15(9-14)20-6-4-13(11-20)16-3-1-2-5-19-16/h1-9,11H/p+1. The minimum absolute atomic E-state index is 0.550. The molecule has 1 aromatic carbocycles. The Morgan fingerprint density at radius 3 is 2.80 bits per heavy atom. The summed E-state index contributed by atoms with van der Waals surface area (Å²) in [6.45, 7) is 0. The highest BCUT2D eigenvalue weighted by molar-refractivity contribution is 6.30. The molecule has 2 heterocycles. The Morgan fingerprint density at radius 2 is 2.05 bits per heavy atom. The maximum Gasteiger partial charge on any atom is 0.212 e. The Morgan fingerprint density at radius 1 is 1.15 bits per heavy atom. The average molecular weight is 281 g/mol. The molecular weight excluding hydrogens is 270 g/mol. The average Bonchev–Trinajstić information content (AvgIpc) is 2.97. The summed E-state index contributed by atoms with van der Waals surface area (Å²) in [4.78, 5) is 3.19. The third kappa shape index (κ3) is 2.42. The van der Waals surface area contributed by atoms with Gasteiger partial charge in [0.1, 0.15) is 0 Å². The summed E-state index contributed by atoms with van der Waals surface area (Å²) in [5, 5.41) is 9.55. The van der Waals surface area contributed by atoms with Crippen molar-refractivity contribution in [2.75, 3.05) is 0 Å². The first kappa shape index (κ1) is 12.5. The predicted molar refractivity (Wildman–Crippen MR) is 77.5 cm³/mol. The van der Waals surface area contributed by atoms with E-state index in [0.29, 0.717) is 10.6 Å². The fraction of sp³-hybridized carbons (Fsp3) is 0. The van der Waals surface area contributed by atoms with E-state index in [1.54, 1.807) is 6.07 Å². The highest BCUT2D eigenvalue weighted by Crippen LogP contribution is 2.21. The second kappa shape index (κ2) is 5.20. The summed E-state index contributed by atoms with van der Waals surface area (Å²) in [5.74, 6) is 0. The van der Waals surface area contributed by atoms with E-state index in [-0.39, 0.29) is 0 Å². The molecular formula is C16H11ClN3+. The quantitative estimate of drug-likeness (QED) is 0.708. The van der Waals surface area contributed by atoms with Crippen molar-refractivity contribution in [1.82, 2.24) is 4.57 Å². The first-order chi connectivity index (χ1) is 9.76. The van der Waals surface area contributed by atoms with Crippen LogP contribution in [0.4, 0.5) is 0 Å². The van der Waals surface area contributed by atoms with Gasteiger partial charge in [0, 0.05) is 35.2 Å². The van der Waals surface area contributed by atoms with Gasteiger partial charge in [0.05, 0.1) is 17.2 Å². The van der Waals surface area contributed by atoms with E-state index in [2.05, 4.69) is 11.1 Å². The number of nitriles is 1. The molecule has 2 aromatic heterocycles. The Labute approximate surface area is 121 Å². The van der Waals surface area contributed by atoms with Gasteiger partial charge in [-0.25, -0.2) is 4.98 Å². The van der Waals surface area contributed by atoms with Crippen LogP contribution < -0.4 is 4.98 Å². The van der Waals surface area contributed by atoms with Crippen LogP contribution in [0.2, 0.25) is 5.02 Å². The molecule has 0 aliphatic rings. The Hall–Kier alpha value is -2.57. The molecule has 0 spiro atoms. The fourth-order valence-electron chi connectivity index (χ4n) is 2.08. The van der Waals surface area contributed by atoms with Crippen LogP contribution in [0.5, 0.6) is 0 Å². The lowest BCUT2D eigenvalue weighted by molar-refractivity contribution is -0.364. The van der Waals surface area contributed by atoms with Crippen molar-refractivity contribution < 1.29 is 4.98 Å². The zero-order valence-electron chi connectivity index (χ0n) is 10.5. The molecule has 1 N–H and O–H groups in total. The summed E-state index contributed by atoms with van der Waals surface area (Å²) in [7, 11) is 0. The number of aromatic nitrogens is 2. The van der Waals surface area contributed by atoms with E-state index in [1.165, 1.54) is 0 Å². The van der Waals surface area contributed by atoms with Crippen LogP contribution in [-0.4, -0.2) is 4.57 Å². The number of H-pyrrole nitrogens is 1. The van der Waals surface area contributed by atoms with Gasteiger partial charge >= 0.3 is 0 Å². The van der Waals surface area contributed by atoms with E-state index >= 15 is 0 Å². The van der Waals surface area contributed by atoms with E-state index in [4.69, 9.17) is 16.9 Å². The van der Waals surface area contributed by atoms with Gasteiger partial charge in [-0.3, -0.25) is 0 Å². The fourth-order valence-corrected chi connectivity index (χ4v) is 2.31. The molecule has 0 aliphatic heterocycles.